The first-order valence-electron chi connectivity index (χ1n) is 6.78. The summed E-state index contributed by atoms with van der Waals surface area (Å²) in [5.74, 6) is -1.48. The van der Waals surface area contributed by atoms with Crippen molar-refractivity contribution in [2.45, 2.75) is 51.0 Å². The molecule has 0 radical (unpaired) electrons. The number of hydrogen-bond donors (Lipinski definition) is 2. The third kappa shape index (κ3) is 6.00. The largest absolute Gasteiger partial charge is 0.481 e. The van der Waals surface area contributed by atoms with Crippen LogP contribution in [0, 0.1) is 0 Å². The SMILES string of the molecule is CN(CCCNC(=O)CC(=O)O)C1CCCCC1. The number of carbonyl (C=O) groups excluding carboxylic acids is 1. The normalized spacial score (nSPS) is 16.8. The molecule has 0 aromatic heterocycles. The molecular weight excluding hydrogens is 232 g/mol. The lowest BCUT2D eigenvalue weighted by molar-refractivity contribution is -0.140. The average Bonchev–Trinajstić information content (AvgIpc) is 2.34. The highest BCUT2D eigenvalue weighted by molar-refractivity contribution is 5.93. The Morgan fingerprint density at radius 1 is 1.28 bits per heavy atom. The molecule has 0 spiro atoms. The molecule has 0 saturated heterocycles. The lowest BCUT2D eigenvalue weighted by atomic mass is 9.94. The van der Waals surface area contributed by atoms with Gasteiger partial charge in [-0.15, -0.1) is 0 Å². The Kier molecular flexibility index (Phi) is 6.72. The van der Waals surface area contributed by atoms with E-state index < -0.39 is 18.3 Å². The Bertz CT molecular complexity index is 275. The molecule has 1 aliphatic rings. The lowest BCUT2D eigenvalue weighted by Crippen LogP contribution is -2.36. The number of carboxylic acids is 1. The van der Waals surface area contributed by atoms with E-state index in [4.69, 9.17) is 5.11 Å². The van der Waals surface area contributed by atoms with Crippen LogP contribution in [0.1, 0.15) is 44.9 Å². The summed E-state index contributed by atoms with van der Waals surface area (Å²) in [5, 5.41) is 11.1. The van der Waals surface area contributed by atoms with Gasteiger partial charge in [0.1, 0.15) is 6.42 Å². The molecule has 1 aliphatic carbocycles. The van der Waals surface area contributed by atoms with Crippen molar-refractivity contribution >= 4 is 11.9 Å². The number of carbonyl (C=O) groups is 2. The van der Waals surface area contributed by atoms with Gasteiger partial charge in [-0.2, -0.15) is 0 Å². The number of rotatable bonds is 7. The summed E-state index contributed by atoms with van der Waals surface area (Å²) in [5.41, 5.74) is 0. The van der Waals surface area contributed by atoms with E-state index >= 15 is 0 Å². The van der Waals surface area contributed by atoms with E-state index in [0.717, 1.165) is 13.0 Å². The second-order valence-electron chi connectivity index (χ2n) is 5.05. The zero-order valence-corrected chi connectivity index (χ0v) is 11.2. The van der Waals surface area contributed by atoms with Crippen molar-refractivity contribution in [3.05, 3.63) is 0 Å². The summed E-state index contributed by atoms with van der Waals surface area (Å²) in [4.78, 5) is 23.7. The van der Waals surface area contributed by atoms with Crippen LogP contribution in [0.2, 0.25) is 0 Å². The minimum Gasteiger partial charge on any atom is -0.481 e. The molecule has 0 bridgehead atoms. The third-order valence-electron chi connectivity index (χ3n) is 3.52. The van der Waals surface area contributed by atoms with E-state index in [2.05, 4.69) is 17.3 Å². The van der Waals surface area contributed by atoms with Crippen LogP contribution in [0.15, 0.2) is 0 Å². The molecule has 1 amide bonds. The van der Waals surface area contributed by atoms with Crippen LogP contribution in [0.5, 0.6) is 0 Å². The third-order valence-corrected chi connectivity index (χ3v) is 3.52. The van der Waals surface area contributed by atoms with Crippen LogP contribution in [0.3, 0.4) is 0 Å². The van der Waals surface area contributed by atoms with Gasteiger partial charge in [-0.25, -0.2) is 0 Å². The minimum absolute atomic E-state index is 0.400. The first-order valence-corrected chi connectivity index (χ1v) is 6.78. The Labute approximate surface area is 109 Å². The van der Waals surface area contributed by atoms with E-state index in [1.54, 1.807) is 0 Å². The van der Waals surface area contributed by atoms with Crippen molar-refractivity contribution < 1.29 is 14.7 Å². The molecular formula is C13H24N2O3. The summed E-state index contributed by atoms with van der Waals surface area (Å²) in [7, 11) is 2.13. The monoisotopic (exact) mass is 256 g/mol. The quantitative estimate of drug-likeness (QED) is 0.531. The zero-order valence-electron chi connectivity index (χ0n) is 11.2. The highest BCUT2D eigenvalue weighted by Crippen LogP contribution is 2.21. The van der Waals surface area contributed by atoms with Crippen molar-refractivity contribution in [3.63, 3.8) is 0 Å². The van der Waals surface area contributed by atoms with Crippen LogP contribution in [-0.4, -0.2) is 48.1 Å². The van der Waals surface area contributed by atoms with Crippen LogP contribution in [-0.2, 0) is 9.59 Å². The van der Waals surface area contributed by atoms with Crippen LogP contribution < -0.4 is 5.32 Å². The molecule has 0 unspecified atom stereocenters. The second-order valence-corrected chi connectivity index (χ2v) is 5.05. The fourth-order valence-electron chi connectivity index (χ4n) is 2.46. The molecule has 0 heterocycles. The van der Waals surface area contributed by atoms with Gasteiger partial charge in [0.15, 0.2) is 0 Å². The van der Waals surface area contributed by atoms with Gasteiger partial charge in [-0.3, -0.25) is 9.59 Å². The van der Waals surface area contributed by atoms with Crippen molar-refractivity contribution in [1.82, 2.24) is 10.2 Å². The fourth-order valence-corrected chi connectivity index (χ4v) is 2.46. The molecule has 0 aliphatic heterocycles. The molecule has 1 rings (SSSR count). The average molecular weight is 256 g/mol. The molecule has 5 heteroatoms. The summed E-state index contributed by atoms with van der Waals surface area (Å²) < 4.78 is 0. The number of amides is 1. The van der Waals surface area contributed by atoms with Gasteiger partial charge in [-0.1, -0.05) is 19.3 Å². The van der Waals surface area contributed by atoms with Gasteiger partial charge in [0, 0.05) is 12.6 Å². The van der Waals surface area contributed by atoms with Gasteiger partial charge in [-0.05, 0) is 32.9 Å². The Balaban J connectivity index is 2.06. The maximum atomic E-state index is 11.1. The summed E-state index contributed by atoms with van der Waals surface area (Å²) in [6.45, 7) is 1.52. The van der Waals surface area contributed by atoms with Gasteiger partial charge in [0.2, 0.25) is 5.91 Å². The highest BCUT2D eigenvalue weighted by Gasteiger charge is 2.17. The van der Waals surface area contributed by atoms with Crippen molar-refractivity contribution in [2.24, 2.45) is 0 Å². The van der Waals surface area contributed by atoms with Gasteiger partial charge in [0.25, 0.3) is 0 Å². The van der Waals surface area contributed by atoms with Gasteiger partial charge < -0.3 is 15.3 Å². The Hall–Kier alpha value is -1.10. The highest BCUT2D eigenvalue weighted by atomic mass is 16.4. The van der Waals surface area contributed by atoms with Crippen molar-refractivity contribution in [3.8, 4) is 0 Å². The Morgan fingerprint density at radius 2 is 1.94 bits per heavy atom. The second kappa shape index (κ2) is 8.08. The number of nitrogens with one attached hydrogen (secondary N) is 1. The molecule has 18 heavy (non-hydrogen) atoms. The minimum atomic E-state index is -1.08. The maximum Gasteiger partial charge on any atom is 0.312 e. The summed E-state index contributed by atoms with van der Waals surface area (Å²) in [6, 6.07) is 0.688. The van der Waals surface area contributed by atoms with E-state index in [9.17, 15) is 9.59 Å². The predicted octanol–water partition coefficient (Wildman–Crippen LogP) is 1.23. The van der Waals surface area contributed by atoms with Gasteiger partial charge >= 0.3 is 5.97 Å². The van der Waals surface area contributed by atoms with Crippen LogP contribution >= 0.6 is 0 Å². The number of carboxylic acid groups (broad SMARTS) is 1. The van der Waals surface area contributed by atoms with Gasteiger partial charge in [0.05, 0.1) is 0 Å². The van der Waals surface area contributed by atoms with Crippen LogP contribution in [0.4, 0.5) is 0 Å². The van der Waals surface area contributed by atoms with E-state index in [0.29, 0.717) is 12.6 Å². The van der Waals surface area contributed by atoms with E-state index in [-0.39, 0.29) is 0 Å². The zero-order chi connectivity index (χ0) is 13.4. The molecule has 2 N–H and O–H groups in total. The predicted molar refractivity (Wildman–Crippen MR) is 69.4 cm³/mol. The maximum absolute atomic E-state index is 11.1. The van der Waals surface area contributed by atoms with E-state index in [1.807, 2.05) is 0 Å². The number of hydrogen-bond acceptors (Lipinski definition) is 3. The smallest absolute Gasteiger partial charge is 0.312 e. The number of nitrogens with zero attached hydrogens (tertiary/aromatic N) is 1. The fraction of sp³-hybridized carbons (Fsp3) is 0.846. The first-order chi connectivity index (χ1) is 8.59. The molecule has 0 aromatic rings. The molecule has 0 aromatic carbocycles. The van der Waals surface area contributed by atoms with E-state index in [1.165, 1.54) is 32.1 Å². The van der Waals surface area contributed by atoms with Crippen LogP contribution in [0.25, 0.3) is 0 Å². The molecule has 5 nitrogen and oxygen atoms in total. The molecule has 1 saturated carbocycles. The summed E-state index contributed by atoms with van der Waals surface area (Å²) in [6.07, 6.45) is 7.00. The Morgan fingerprint density at radius 3 is 2.56 bits per heavy atom. The van der Waals surface area contributed by atoms with Crippen molar-refractivity contribution in [2.75, 3.05) is 20.1 Å². The molecule has 1 fully saturated rings. The molecule has 0 atom stereocenters. The lowest BCUT2D eigenvalue weighted by Gasteiger charge is -2.31. The molecule has 104 valence electrons. The first kappa shape index (κ1) is 15.0. The topological polar surface area (TPSA) is 69.6 Å². The van der Waals surface area contributed by atoms with Crippen molar-refractivity contribution in [1.29, 1.82) is 0 Å². The summed E-state index contributed by atoms with van der Waals surface area (Å²) >= 11 is 0. The number of aliphatic carboxylic acids is 1. The standard InChI is InChI=1S/C13H24N2O3/c1-15(11-6-3-2-4-7-11)9-5-8-14-12(16)10-13(17)18/h11H,2-10H2,1H3,(H,14,16)(H,17,18).